The van der Waals surface area contributed by atoms with Crippen LogP contribution >= 0.6 is 0 Å². The summed E-state index contributed by atoms with van der Waals surface area (Å²) in [5, 5.41) is 11.7. The molecule has 1 aliphatic heterocycles. The topological polar surface area (TPSA) is 108 Å². The van der Waals surface area contributed by atoms with E-state index in [1.54, 1.807) is 19.1 Å². The average molecular weight is 459 g/mol. The Hall–Kier alpha value is -2.58. The summed E-state index contributed by atoms with van der Waals surface area (Å²) in [5.74, 6) is -0.983. The lowest BCUT2D eigenvalue weighted by molar-refractivity contribution is -0.302. The molecule has 0 amide bonds. The number of esters is 2. The zero-order chi connectivity index (χ0) is 23.6. The van der Waals surface area contributed by atoms with Crippen molar-refractivity contribution in [3.05, 3.63) is 48.3 Å². The number of hydrogen-bond donors (Lipinski definition) is 1. The summed E-state index contributed by atoms with van der Waals surface area (Å²) >= 11 is 0. The fraction of sp³-hybridized carbons (Fsp3) is 0.600. The first-order chi connectivity index (χ1) is 15.5. The van der Waals surface area contributed by atoms with Crippen molar-refractivity contribution in [3.63, 3.8) is 0 Å². The lowest BCUT2D eigenvalue weighted by Gasteiger charge is -2.62. The molecule has 2 aromatic heterocycles. The largest absolute Gasteiger partial charge is 0.472 e. The summed E-state index contributed by atoms with van der Waals surface area (Å²) in [6, 6.07) is 3.09. The Balaban J connectivity index is 1.57. The number of aliphatic hydroxyl groups is 1. The molecule has 0 radical (unpaired) electrons. The monoisotopic (exact) mass is 458 g/mol. The third-order valence-corrected chi connectivity index (χ3v) is 8.44. The zero-order valence-corrected chi connectivity index (χ0v) is 19.3. The molecule has 3 fully saturated rings. The van der Waals surface area contributed by atoms with Gasteiger partial charge in [-0.05, 0) is 71.4 Å². The number of ether oxygens (including phenoxy) is 3. The van der Waals surface area contributed by atoms with Crippen molar-refractivity contribution in [1.82, 2.24) is 0 Å². The van der Waals surface area contributed by atoms with Gasteiger partial charge in [-0.2, -0.15) is 0 Å². The summed E-state index contributed by atoms with van der Waals surface area (Å²) in [6.07, 6.45) is 6.12. The normalized spacial score (nSPS) is 39.0. The molecule has 2 bridgehead atoms. The molecule has 3 aliphatic rings. The van der Waals surface area contributed by atoms with Crippen molar-refractivity contribution in [2.45, 2.75) is 82.4 Å². The quantitative estimate of drug-likeness (QED) is 0.682. The van der Waals surface area contributed by atoms with Crippen LogP contribution in [-0.2, 0) is 14.2 Å². The smallest absolute Gasteiger partial charge is 0.341 e. The Labute approximate surface area is 192 Å². The van der Waals surface area contributed by atoms with Gasteiger partial charge in [-0.1, -0.05) is 0 Å². The Kier molecular flexibility index (Phi) is 4.85. The van der Waals surface area contributed by atoms with E-state index < -0.39 is 46.4 Å². The maximum atomic E-state index is 13.0. The van der Waals surface area contributed by atoms with Gasteiger partial charge in [0.25, 0.3) is 0 Å². The van der Waals surface area contributed by atoms with Gasteiger partial charge in [-0.3, -0.25) is 0 Å². The SMILES string of the molecule is CC1(C)O[C@@]23C[C@H]1C[C@H](OC(=O)c1ccoc1)[C@@]2(C)[C@@H](OC(=O)c1ccoc1)CC[C@]3(C)O. The lowest BCUT2D eigenvalue weighted by atomic mass is 9.49. The van der Waals surface area contributed by atoms with Crippen molar-refractivity contribution < 1.29 is 37.7 Å². The van der Waals surface area contributed by atoms with Crippen molar-refractivity contribution >= 4 is 11.9 Å². The number of furan rings is 2. The van der Waals surface area contributed by atoms with Gasteiger partial charge in [0, 0.05) is 0 Å². The molecule has 1 saturated heterocycles. The number of rotatable bonds is 4. The molecule has 2 saturated carbocycles. The number of carbonyl (C=O) groups is 2. The minimum absolute atomic E-state index is 0.0579. The molecular formula is C25H30O8. The van der Waals surface area contributed by atoms with Crippen molar-refractivity contribution in [1.29, 1.82) is 0 Å². The third-order valence-electron chi connectivity index (χ3n) is 8.44. The van der Waals surface area contributed by atoms with Gasteiger partial charge in [-0.15, -0.1) is 0 Å². The molecule has 2 aliphatic carbocycles. The van der Waals surface area contributed by atoms with Crippen LogP contribution in [0.15, 0.2) is 46.0 Å². The first kappa shape index (κ1) is 22.2. The summed E-state index contributed by atoms with van der Waals surface area (Å²) in [7, 11) is 0. The second-order valence-electron chi connectivity index (χ2n) is 10.6. The van der Waals surface area contributed by atoms with Crippen LogP contribution in [0, 0.1) is 11.3 Å². The highest BCUT2D eigenvalue weighted by atomic mass is 16.6. The standard InChI is InChI=1S/C25H30O8/c1-22(2)17-11-19(32-21(27)16-7-10-30-14-16)24(4)18(31-20(26)15-6-9-29-13-15)5-8-23(3,28)25(24,12-17)33-22/h6-7,9-10,13-14,17-19,28H,5,8,11-12H2,1-4H3/t17-,18+,19+,23+,24-,25-/m1/s1. The molecule has 5 rings (SSSR count). The van der Waals surface area contributed by atoms with Gasteiger partial charge in [0.05, 0.1) is 40.3 Å². The summed E-state index contributed by atoms with van der Waals surface area (Å²) in [5.41, 5.74) is -3.19. The highest BCUT2D eigenvalue weighted by Crippen LogP contribution is 2.67. The predicted molar refractivity (Wildman–Crippen MR) is 114 cm³/mol. The minimum atomic E-state index is -1.20. The second-order valence-corrected chi connectivity index (χ2v) is 10.6. The van der Waals surface area contributed by atoms with Gasteiger partial charge >= 0.3 is 11.9 Å². The lowest BCUT2D eigenvalue weighted by Crippen LogP contribution is -2.74. The van der Waals surface area contributed by atoms with Gasteiger partial charge in [0.1, 0.15) is 30.3 Å². The maximum Gasteiger partial charge on any atom is 0.341 e. The molecule has 178 valence electrons. The van der Waals surface area contributed by atoms with Gasteiger partial charge in [-0.25, -0.2) is 9.59 Å². The molecule has 33 heavy (non-hydrogen) atoms. The van der Waals surface area contributed by atoms with Crippen LogP contribution in [0.2, 0.25) is 0 Å². The van der Waals surface area contributed by atoms with E-state index in [1.165, 1.54) is 25.1 Å². The van der Waals surface area contributed by atoms with Crippen LogP contribution in [0.5, 0.6) is 0 Å². The zero-order valence-electron chi connectivity index (χ0n) is 19.3. The molecule has 1 N–H and O–H groups in total. The van der Waals surface area contributed by atoms with Crippen LogP contribution in [0.25, 0.3) is 0 Å². The molecule has 8 nitrogen and oxygen atoms in total. The van der Waals surface area contributed by atoms with Crippen LogP contribution in [0.3, 0.4) is 0 Å². The molecule has 0 unspecified atom stereocenters. The van der Waals surface area contributed by atoms with Gasteiger partial charge in [0.15, 0.2) is 0 Å². The first-order valence-electron chi connectivity index (χ1n) is 11.4. The first-order valence-corrected chi connectivity index (χ1v) is 11.4. The van der Waals surface area contributed by atoms with E-state index in [9.17, 15) is 14.7 Å². The molecule has 3 heterocycles. The summed E-state index contributed by atoms with van der Waals surface area (Å²) < 4.78 is 28.9. The van der Waals surface area contributed by atoms with E-state index >= 15 is 0 Å². The van der Waals surface area contributed by atoms with Crippen LogP contribution in [0.4, 0.5) is 0 Å². The Morgan fingerprint density at radius 1 is 0.970 bits per heavy atom. The molecular weight excluding hydrogens is 428 g/mol. The Morgan fingerprint density at radius 3 is 2.09 bits per heavy atom. The van der Waals surface area contributed by atoms with Crippen molar-refractivity contribution in [2.75, 3.05) is 0 Å². The van der Waals surface area contributed by atoms with Gasteiger partial charge in [0.2, 0.25) is 0 Å². The van der Waals surface area contributed by atoms with E-state index in [4.69, 9.17) is 23.0 Å². The van der Waals surface area contributed by atoms with Crippen LogP contribution in [0.1, 0.15) is 74.1 Å². The average Bonchev–Trinajstić information content (AvgIpc) is 3.49. The van der Waals surface area contributed by atoms with Crippen molar-refractivity contribution in [2.24, 2.45) is 11.3 Å². The van der Waals surface area contributed by atoms with Crippen LogP contribution < -0.4 is 0 Å². The van der Waals surface area contributed by atoms with E-state index in [1.807, 2.05) is 20.8 Å². The maximum absolute atomic E-state index is 13.0. The highest BCUT2D eigenvalue weighted by Gasteiger charge is 2.77. The van der Waals surface area contributed by atoms with Gasteiger partial charge < -0.3 is 28.2 Å². The number of hydrogen-bond acceptors (Lipinski definition) is 8. The molecule has 2 aromatic rings. The van der Waals surface area contributed by atoms with E-state index in [2.05, 4.69) is 0 Å². The van der Waals surface area contributed by atoms with E-state index in [-0.39, 0.29) is 5.92 Å². The molecule has 8 heteroatoms. The second kappa shape index (κ2) is 7.21. The van der Waals surface area contributed by atoms with Crippen LogP contribution in [-0.4, -0.2) is 46.1 Å². The molecule has 6 atom stereocenters. The summed E-state index contributed by atoms with van der Waals surface area (Å²) in [6.45, 7) is 7.70. The number of carbonyl (C=O) groups excluding carboxylic acids is 2. The minimum Gasteiger partial charge on any atom is -0.472 e. The Morgan fingerprint density at radius 2 is 1.55 bits per heavy atom. The molecule has 0 aromatic carbocycles. The Bertz CT molecular complexity index is 1040. The predicted octanol–water partition coefficient (Wildman–Crippen LogP) is 4.13. The third kappa shape index (κ3) is 3.10. The van der Waals surface area contributed by atoms with Crippen molar-refractivity contribution in [3.8, 4) is 0 Å². The fourth-order valence-corrected chi connectivity index (χ4v) is 6.43. The molecule has 1 spiro atoms. The number of fused-ring (bicyclic) bond motifs is 1. The fourth-order valence-electron chi connectivity index (χ4n) is 6.43. The summed E-state index contributed by atoms with van der Waals surface area (Å²) in [4.78, 5) is 25.8. The van der Waals surface area contributed by atoms with E-state index in [0.717, 1.165) is 0 Å². The van der Waals surface area contributed by atoms with E-state index in [0.29, 0.717) is 36.8 Å². The highest BCUT2D eigenvalue weighted by molar-refractivity contribution is 5.89.